The van der Waals surface area contributed by atoms with Crippen molar-refractivity contribution in [2.75, 3.05) is 39.8 Å². The predicted octanol–water partition coefficient (Wildman–Crippen LogP) is 5.74. The Morgan fingerprint density at radius 2 is 1.31 bits per heavy atom. The number of piperazine rings is 1. The van der Waals surface area contributed by atoms with Crippen LogP contribution in [-0.2, 0) is 6.54 Å². The molecule has 1 aromatic heterocycles. The molecule has 0 saturated carbocycles. The number of aliphatic hydroxyl groups excluding tert-OH is 1. The number of aromatic nitrogens is 1. The van der Waals surface area contributed by atoms with Crippen LogP contribution in [0.5, 0.6) is 0 Å². The second-order valence-corrected chi connectivity index (χ2v) is 10.0. The lowest BCUT2D eigenvalue weighted by Gasteiger charge is -2.33. The number of benzene rings is 4. The van der Waals surface area contributed by atoms with Crippen LogP contribution in [0.1, 0.15) is 0 Å². The summed E-state index contributed by atoms with van der Waals surface area (Å²) in [6.45, 7) is 5.35. The molecule has 4 nitrogen and oxygen atoms in total. The second-order valence-electron chi connectivity index (χ2n) is 10.0. The van der Waals surface area contributed by atoms with E-state index < -0.39 is 6.10 Å². The lowest BCUT2D eigenvalue weighted by atomic mass is 9.97. The Morgan fingerprint density at radius 1 is 0.667 bits per heavy atom. The van der Waals surface area contributed by atoms with Crippen LogP contribution in [0, 0.1) is 0 Å². The van der Waals surface area contributed by atoms with E-state index in [9.17, 15) is 5.11 Å². The molecule has 4 heteroatoms. The maximum absolute atomic E-state index is 11.4. The van der Waals surface area contributed by atoms with Gasteiger partial charge >= 0.3 is 0 Å². The van der Waals surface area contributed by atoms with Gasteiger partial charge in [-0.2, -0.15) is 0 Å². The fraction of sp³-hybridized carbons (Fsp3) is 0.250. The number of hydrogen-bond donors (Lipinski definition) is 1. The van der Waals surface area contributed by atoms with Gasteiger partial charge in [0.25, 0.3) is 0 Å². The van der Waals surface area contributed by atoms with Crippen LogP contribution in [0.4, 0.5) is 0 Å². The third kappa shape index (κ3) is 4.33. The van der Waals surface area contributed by atoms with Crippen LogP contribution >= 0.6 is 0 Å². The molecule has 0 bridgehead atoms. The Labute approximate surface area is 213 Å². The third-order valence-electron chi connectivity index (χ3n) is 7.51. The Kier molecular flexibility index (Phi) is 6.32. The molecular weight excluding hydrogens is 442 g/mol. The highest BCUT2D eigenvalue weighted by Gasteiger charge is 2.24. The van der Waals surface area contributed by atoms with Crippen molar-refractivity contribution in [3.63, 3.8) is 0 Å². The Balaban J connectivity index is 1.56. The van der Waals surface area contributed by atoms with Gasteiger partial charge in [0.05, 0.1) is 23.9 Å². The van der Waals surface area contributed by atoms with Crippen LogP contribution in [0.2, 0.25) is 0 Å². The van der Waals surface area contributed by atoms with Crippen LogP contribution in [0.3, 0.4) is 0 Å². The first-order valence-electron chi connectivity index (χ1n) is 12.9. The molecule has 0 spiro atoms. The first-order valence-corrected chi connectivity index (χ1v) is 12.9. The summed E-state index contributed by atoms with van der Waals surface area (Å²) in [6.07, 6.45) is -0.464. The third-order valence-corrected chi connectivity index (χ3v) is 7.51. The molecule has 0 unspecified atom stereocenters. The SMILES string of the molecule is CN1CCN(C[C@H](O)Cn2c(-c3ccccc3)c(-c3ccccc3)c3ccc4ccccc4c32)CC1. The van der Waals surface area contributed by atoms with Crippen molar-refractivity contribution < 1.29 is 5.11 Å². The van der Waals surface area contributed by atoms with Gasteiger partial charge in [0.2, 0.25) is 0 Å². The Morgan fingerprint density at radius 3 is 2.03 bits per heavy atom. The van der Waals surface area contributed by atoms with Crippen LogP contribution in [-0.4, -0.2) is 65.3 Å². The van der Waals surface area contributed by atoms with Gasteiger partial charge in [-0.05, 0) is 23.6 Å². The van der Waals surface area contributed by atoms with Gasteiger partial charge in [-0.1, -0.05) is 97.1 Å². The van der Waals surface area contributed by atoms with Gasteiger partial charge < -0.3 is 14.6 Å². The van der Waals surface area contributed by atoms with Crippen molar-refractivity contribution in [2.24, 2.45) is 0 Å². The Hall–Kier alpha value is -3.44. The first kappa shape index (κ1) is 23.0. The molecule has 182 valence electrons. The number of nitrogens with zero attached hydrogens (tertiary/aromatic N) is 3. The highest BCUT2D eigenvalue weighted by molar-refractivity contribution is 6.15. The van der Waals surface area contributed by atoms with Crippen molar-refractivity contribution in [3.05, 3.63) is 97.1 Å². The monoisotopic (exact) mass is 475 g/mol. The highest BCUT2D eigenvalue weighted by atomic mass is 16.3. The fourth-order valence-electron chi connectivity index (χ4n) is 5.69. The van der Waals surface area contributed by atoms with Crippen LogP contribution in [0.25, 0.3) is 44.1 Å². The van der Waals surface area contributed by atoms with Gasteiger partial charge in [0.15, 0.2) is 0 Å². The molecule has 1 saturated heterocycles. The normalized spacial score (nSPS) is 16.1. The molecule has 0 aliphatic carbocycles. The molecule has 1 aliphatic heterocycles. The zero-order chi connectivity index (χ0) is 24.5. The molecule has 6 rings (SSSR count). The minimum absolute atomic E-state index is 0.464. The number of β-amino-alcohol motifs (C(OH)–C–C–N with tert-alkyl or cyclic N) is 1. The molecule has 1 atom stereocenters. The summed E-state index contributed by atoms with van der Waals surface area (Å²) >= 11 is 0. The first-order chi connectivity index (χ1) is 17.7. The summed E-state index contributed by atoms with van der Waals surface area (Å²) in [5.41, 5.74) is 5.97. The number of hydrogen-bond acceptors (Lipinski definition) is 3. The zero-order valence-electron chi connectivity index (χ0n) is 20.8. The average molecular weight is 476 g/mol. The summed E-state index contributed by atoms with van der Waals surface area (Å²) in [4.78, 5) is 4.75. The van der Waals surface area contributed by atoms with Gasteiger partial charge in [-0.25, -0.2) is 0 Å². The maximum atomic E-state index is 11.4. The topological polar surface area (TPSA) is 31.6 Å². The van der Waals surface area contributed by atoms with E-state index in [-0.39, 0.29) is 0 Å². The molecule has 0 amide bonds. The lowest BCUT2D eigenvalue weighted by Crippen LogP contribution is -2.47. The standard InChI is InChI=1S/C32H33N3O/c1-33-18-20-34(21-19-33)22-27(36)23-35-31(26-13-6-3-7-14-26)30(25-11-4-2-5-12-25)29-17-16-24-10-8-9-15-28(24)32(29)35/h2-17,27,36H,18-23H2,1H3/t27-/m0/s1. The maximum Gasteiger partial charge on any atom is 0.0845 e. The van der Waals surface area contributed by atoms with Gasteiger partial charge in [-0.3, -0.25) is 4.90 Å². The Bertz CT molecular complexity index is 1470. The molecule has 2 heterocycles. The van der Waals surface area contributed by atoms with E-state index in [0.717, 1.165) is 26.2 Å². The van der Waals surface area contributed by atoms with E-state index in [1.807, 2.05) is 0 Å². The van der Waals surface area contributed by atoms with E-state index in [4.69, 9.17) is 0 Å². The van der Waals surface area contributed by atoms with Crippen molar-refractivity contribution in [1.82, 2.24) is 14.4 Å². The van der Waals surface area contributed by atoms with E-state index >= 15 is 0 Å². The van der Waals surface area contributed by atoms with E-state index in [0.29, 0.717) is 13.1 Å². The van der Waals surface area contributed by atoms with E-state index in [1.165, 1.54) is 44.1 Å². The minimum Gasteiger partial charge on any atom is -0.390 e. The molecule has 1 fully saturated rings. The largest absolute Gasteiger partial charge is 0.390 e. The average Bonchev–Trinajstić information content (AvgIpc) is 3.25. The summed E-state index contributed by atoms with van der Waals surface area (Å²) in [6, 6.07) is 34.4. The molecule has 1 aliphatic rings. The van der Waals surface area contributed by atoms with Gasteiger partial charge in [0, 0.05) is 49.1 Å². The number of likely N-dealkylation sites (N-methyl/N-ethyl adjacent to an activating group) is 1. The molecule has 1 N–H and O–H groups in total. The van der Waals surface area contributed by atoms with Crippen molar-refractivity contribution >= 4 is 21.7 Å². The van der Waals surface area contributed by atoms with Gasteiger partial charge in [0.1, 0.15) is 0 Å². The highest BCUT2D eigenvalue weighted by Crippen LogP contribution is 2.43. The van der Waals surface area contributed by atoms with E-state index in [2.05, 4.69) is 118 Å². The molecular formula is C32H33N3O. The molecule has 4 aromatic carbocycles. The number of rotatable bonds is 6. The summed E-state index contributed by atoms with van der Waals surface area (Å²) < 4.78 is 2.38. The quantitative estimate of drug-likeness (QED) is 0.340. The number of aliphatic hydroxyl groups is 1. The van der Waals surface area contributed by atoms with Crippen molar-refractivity contribution in [2.45, 2.75) is 12.6 Å². The molecule has 0 radical (unpaired) electrons. The summed E-state index contributed by atoms with van der Waals surface area (Å²) in [7, 11) is 2.17. The smallest absolute Gasteiger partial charge is 0.0845 e. The number of fused-ring (bicyclic) bond motifs is 3. The second kappa shape index (κ2) is 9.90. The van der Waals surface area contributed by atoms with Crippen LogP contribution < -0.4 is 0 Å². The zero-order valence-corrected chi connectivity index (χ0v) is 20.8. The van der Waals surface area contributed by atoms with E-state index in [1.54, 1.807) is 0 Å². The van der Waals surface area contributed by atoms with Crippen LogP contribution in [0.15, 0.2) is 97.1 Å². The predicted molar refractivity (Wildman–Crippen MR) is 150 cm³/mol. The minimum atomic E-state index is -0.464. The van der Waals surface area contributed by atoms with Gasteiger partial charge in [-0.15, -0.1) is 0 Å². The van der Waals surface area contributed by atoms with Crippen molar-refractivity contribution in [1.29, 1.82) is 0 Å². The molecule has 36 heavy (non-hydrogen) atoms. The summed E-state index contributed by atoms with van der Waals surface area (Å²) in [5.74, 6) is 0. The molecule has 5 aromatic rings. The lowest BCUT2D eigenvalue weighted by molar-refractivity contribution is 0.0720. The fourth-order valence-corrected chi connectivity index (χ4v) is 5.69. The summed E-state index contributed by atoms with van der Waals surface area (Å²) in [5, 5.41) is 15.1. The van der Waals surface area contributed by atoms with Crippen molar-refractivity contribution in [3.8, 4) is 22.4 Å².